The van der Waals surface area contributed by atoms with Crippen LogP contribution in [0.15, 0.2) is 199 Å². The Kier molecular flexibility index (Phi) is 7.42. The SMILES string of the molecule is c1ccc(-c2cccc(-c3ccc(-n4c5ccccc5c5cc6oc7ccc(-c8nc(-c9ccccc9)nc(-c9ccccc9)n8)cc7c6cc54)cc3)c2)cc1. The van der Waals surface area contributed by atoms with Crippen LogP contribution in [0.1, 0.15) is 0 Å². The van der Waals surface area contributed by atoms with Crippen LogP contribution in [0, 0.1) is 0 Å². The number of benzene rings is 8. The van der Waals surface area contributed by atoms with Crippen molar-refractivity contribution in [2.24, 2.45) is 0 Å². The zero-order valence-electron chi connectivity index (χ0n) is 30.2. The van der Waals surface area contributed by atoms with Gasteiger partial charge in [-0.05, 0) is 76.9 Å². The predicted octanol–water partition coefficient (Wildman–Crippen LogP) is 13.2. The Hall–Kier alpha value is -7.63. The van der Waals surface area contributed by atoms with Gasteiger partial charge in [0.05, 0.1) is 11.0 Å². The van der Waals surface area contributed by atoms with Gasteiger partial charge in [0.25, 0.3) is 0 Å². The Morgan fingerprint density at radius 3 is 1.48 bits per heavy atom. The minimum atomic E-state index is 0.610. The third-order valence-corrected chi connectivity index (χ3v) is 10.6. The van der Waals surface area contributed by atoms with Gasteiger partial charge in [0.15, 0.2) is 17.5 Å². The molecular weight excluding hydrogens is 685 g/mol. The molecule has 0 amide bonds. The summed E-state index contributed by atoms with van der Waals surface area (Å²) in [6.45, 7) is 0. The highest BCUT2D eigenvalue weighted by atomic mass is 16.3. The normalized spacial score (nSPS) is 11.6. The van der Waals surface area contributed by atoms with E-state index in [9.17, 15) is 0 Å². The quantitative estimate of drug-likeness (QED) is 0.172. The van der Waals surface area contributed by atoms with E-state index in [1.54, 1.807) is 0 Å². The van der Waals surface area contributed by atoms with Gasteiger partial charge in [0.2, 0.25) is 0 Å². The van der Waals surface area contributed by atoms with Crippen LogP contribution in [0.2, 0.25) is 0 Å². The highest BCUT2D eigenvalue weighted by Gasteiger charge is 2.18. The summed E-state index contributed by atoms with van der Waals surface area (Å²) in [5.74, 6) is 1.87. The van der Waals surface area contributed by atoms with Gasteiger partial charge < -0.3 is 8.98 Å². The van der Waals surface area contributed by atoms with Crippen molar-refractivity contribution in [1.82, 2.24) is 19.5 Å². The van der Waals surface area contributed by atoms with Crippen molar-refractivity contribution < 1.29 is 4.42 Å². The van der Waals surface area contributed by atoms with Crippen molar-refractivity contribution in [3.8, 4) is 62.1 Å². The maximum absolute atomic E-state index is 6.55. The smallest absolute Gasteiger partial charge is 0.164 e. The van der Waals surface area contributed by atoms with E-state index in [0.717, 1.165) is 60.7 Å². The molecule has 11 aromatic rings. The highest BCUT2D eigenvalue weighted by Crippen LogP contribution is 2.40. The average molecular weight is 717 g/mol. The largest absolute Gasteiger partial charge is 0.456 e. The lowest BCUT2D eigenvalue weighted by molar-refractivity contribution is 0.669. The first kappa shape index (κ1) is 31.9. The summed E-state index contributed by atoms with van der Waals surface area (Å²) in [5.41, 5.74) is 12.6. The molecule has 0 aliphatic carbocycles. The molecule has 56 heavy (non-hydrogen) atoms. The van der Waals surface area contributed by atoms with Gasteiger partial charge in [-0.15, -0.1) is 0 Å². The van der Waals surface area contributed by atoms with E-state index in [0.29, 0.717) is 17.5 Å². The lowest BCUT2D eigenvalue weighted by Gasteiger charge is -2.10. The van der Waals surface area contributed by atoms with Crippen LogP contribution in [0.25, 0.3) is 106 Å². The van der Waals surface area contributed by atoms with Crippen LogP contribution in [-0.4, -0.2) is 19.5 Å². The van der Waals surface area contributed by atoms with Crippen molar-refractivity contribution in [3.05, 3.63) is 194 Å². The van der Waals surface area contributed by atoms with Gasteiger partial charge in [0.1, 0.15) is 11.2 Å². The number of nitrogens with zero attached hydrogens (tertiary/aromatic N) is 4. The van der Waals surface area contributed by atoms with Crippen LogP contribution < -0.4 is 0 Å². The van der Waals surface area contributed by atoms with Crippen LogP contribution in [0.4, 0.5) is 0 Å². The molecular formula is C51H32N4O. The van der Waals surface area contributed by atoms with E-state index < -0.39 is 0 Å². The zero-order valence-corrected chi connectivity index (χ0v) is 30.2. The van der Waals surface area contributed by atoms with Crippen LogP contribution in [0.3, 0.4) is 0 Å². The van der Waals surface area contributed by atoms with E-state index in [1.807, 2.05) is 72.8 Å². The average Bonchev–Trinajstić information content (AvgIpc) is 3.80. The number of hydrogen-bond donors (Lipinski definition) is 0. The summed E-state index contributed by atoms with van der Waals surface area (Å²) in [4.78, 5) is 14.9. The van der Waals surface area contributed by atoms with Gasteiger partial charge >= 0.3 is 0 Å². The summed E-state index contributed by atoms with van der Waals surface area (Å²) in [5, 5.41) is 4.36. The Morgan fingerprint density at radius 2 is 0.821 bits per heavy atom. The fourth-order valence-electron chi connectivity index (χ4n) is 7.90. The van der Waals surface area contributed by atoms with E-state index in [-0.39, 0.29) is 0 Å². The standard InChI is InChI=1S/C51H32N4O/c1-4-13-33(14-5-1)37-19-12-20-38(29-37)34-23-26-40(27-24-34)55-45-22-11-10-21-41(45)42-32-48-44(31-46(42)55)43-30-39(25-28-47(43)56-48)51-53-49(35-15-6-2-7-16-35)52-50(54-51)36-17-8-3-9-18-36/h1-32H. The third-order valence-electron chi connectivity index (χ3n) is 10.6. The second-order valence-electron chi connectivity index (χ2n) is 14.1. The fraction of sp³-hybridized carbons (Fsp3) is 0. The first-order chi connectivity index (χ1) is 27.7. The lowest BCUT2D eigenvalue weighted by atomic mass is 9.99. The van der Waals surface area contributed by atoms with Gasteiger partial charge in [-0.25, -0.2) is 15.0 Å². The van der Waals surface area contributed by atoms with E-state index in [2.05, 4.69) is 126 Å². The summed E-state index contributed by atoms with van der Waals surface area (Å²) in [6.07, 6.45) is 0. The summed E-state index contributed by atoms with van der Waals surface area (Å²) >= 11 is 0. The molecule has 0 radical (unpaired) electrons. The summed E-state index contributed by atoms with van der Waals surface area (Å²) in [7, 11) is 0. The molecule has 11 rings (SSSR count). The van der Waals surface area contributed by atoms with Gasteiger partial charge in [-0.1, -0.05) is 140 Å². The van der Waals surface area contributed by atoms with Gasteiger partial charge in [-0.2, -0.15) is 0 Å². The molecule has 0 fully saturated rings. The second-order valence-corrected chi connectivity index (χ2v) is 14.1. The van der Waals surface area contributed by atoms with Crippen LogP contribution in [-0.2, 0) is 0 Å². The Morgan fingerprint density at radius 1 is 0.304 bits per heavy atom. The summed E-state index contributed by atoms with van der Waals surface area (Å²) < 4.78 is 8.91. The highest BCUT2D eigenvalue weighted by molar-refractivity contribution is 6.17. The van der Waals surface area contributed by atoms with Crippen molar-refractivity contribution in [3.63, 3.8) is 0 Å². The Balaban J connectivity index is 1.05. The minimum absolute atomic E-state index is 0.610. The van der Waals surface area contributed by atoms with Crippen molar-refractivity contribution >= 4 is 43.7 Å². The maximum atomic E-state index is 6.55. The Bertz CT molecular complexity index is 3160. The molecule has 0 N–H and O–H groups in total. The van der Waals surface area contributed by atoms with Gasteiger partial charge in [0, 0.05) is 43.9 Å². The fourth-order valence-corrected chi connectivity index (χ4v) is 7.90. The molecule has 0 saturated carbocycles. The summed E-state index contributed by atoms with van der Waals surface area (Å²) in [6, 6.07) is 67.6. The molecule has 262 valence electrons. The molecule has 0 aliphatic rings. The minimum Gasteiger partial charge on any atom is -0.456 e. The van der Waals surface area contributed by atoms with Crippen molar-refractivity contribution in [2.75, 3.05) is 0 Å². The van der Waals surface area contributed by atoms with Crippen molar-refractivity contribution in [1.29, 1.82) is 0 Å². The molecule has 8 aromatic carbocycles. The van der Waals surface area contributed by atoms with Crippen LogP contribution in [0.5, 0.6) is 0 Å². The van der Waals surface area contributed by atoms with E-state index in [4.69, 9.17) is 19.4 Å². The third kappa shape index (κ3) is 5.45. The van der Waals surface area contributed by atoms with Crippen molar-refractivity contribution in [2.45, 2.75) is 0 Å². The molecule has 0 unspecified atom stereocenters. The lowest BCUT2D eigenvalue weighted by Crippen LogP contribution is -2.00. The number of furan rings is 1. The molecule has 0 saturated heterocycles. The van der Waals surface area contributed by atoms with E-state index in [1.165, 1.54) is 27.6 Å². The first-order valence-electron chi connectivity index (χ1n) is 18.8. The first-order valence-corrected chi connectivity index (χ1v) is 18.8. The maximum Gasteiger partial charge on any atom is 0.164 e. The van der Waals surface area contributed by atoms with Gasteiger partial charge in [-0.3, -0.25) is 0 Å². The Labute approximate surface area is 322 Å². The molecule has 0 bridgehead atoms. The second kappa shape index (κ2) is 13.0. The number of hydrogen-bond acceptors (Lipinski definition) is 4. The van der Waals surface area contributed by atoms with E-state index >= 15 is 0 Å². The molecule has 3 heterocycles. The molecule has 0 spiro atoms. The molecule has 5 nitrogen and oxygen atoms in total. The molecule has 0 atom stereocenters. The number of aromatic nitrogens is 4. The monoisotopic (exact) mass is 716 g/mol. The molecule has 0 aliphatic heterocycles. The topological polar surface area (TPSA) is 56.7 Å². The number of rotatable bonds is 6. The molecule has 5 heteroatoms. The number of fused-ring (bicyclic) bond motifs is 6. The molecule has 3 aromatic heterocycles. The van der Waals surface area contributed by atoms with Crippen LogP contribution >= 0.6 is 0 Å². The zero-order chi connectivity index (χ0) is 37.0. The number of para-hydroxylation sites is 1. The predicted molar refractivity (Wildman–Crippen MR) is 229 cm³/mol.